The maximum Gasteiger partial charge on any atom is 0.294 e. The van der Waals surface area contributed by atoms with Gasteiger partial charge in [0.1, 0.15) is 5.69 Å². The number of rotatable bonds is 2. The molecule has 0 aromatic heterocycles. The second kappa shape index (κ2) is 4.37. The molecule has 1 aromatic rings. The van der Waals surface area contributed by atoms with Gasteiger partial charge in [-0.3, -0.25) is 4.55 Å². The summed E-state index contributed by atoms with van der Waals surface area (Å²) in [4.78, 5) is -0.182. The summed E-state index contributed by atoms with van der Waals surface area (Å²) in [6, 6.07) is 2.54. The third-order valence-corrected chi connectivity index (χ3v) is 3.88. The van der Waals surface area contributed by atoms with Gasteiger partial charge in [0.2, 0.25) is 0 Å². The Labute approximate surface area is 108 Å². The van der Waals surface area contributed by atoms with Gasteiger partial charge in [0.05, 0.1) is 4.90 Å². The molecule has 0 radical (unpaired) electrons. The molecule has 2 N–H and O–H groups in total. The molecule has 0 saturated carbocycles. The van der Waals surface area contributed by atoms with Gasteiger partial charge in [-0.1, -0.05) is 0 Å². The Balaban J connectivity index is 3.50. The van der Waals surface area contributed by atoms with Crippen LogP contribution in [-0.2, 0) is 10.1 Å². The highest BCUT2D eigenvalue weighted by molar-refractivity contribution is 14.1. The molecule has 76 valence electrons. The zero-order valence-electron chi connectivity index (χ0n) is 6.53. The fourth-order valence-electron chi connectivity index (χ4n) is 0.798. The van der Waals surface area contributed by atoms with E-state index in [1.54, 1.807) is 0 Å². The Hall–Kier alpha value is 0.190. The molecular weight excluding hydrogens is 434 g/mol. The molecule has 0 amide bonds. The van der Waals surface area contributed by atoms with Crippen LogP contribution in [0.25, 0.3) is 0 Å². The van der Waals surface area contributed by atoms with Gasteiger partial charge in [-0.15, -0.1) is 0 Å². The summed E-state index contributed by atoms with van der Waals surface area (Å²) >= 11 is 3.72. The number of benzene rings is 1. The normalized spacial score (nSPS) is 11.4. The van der Waals surface area contributed by atoms with Crippen LogP contribution < -0.4 is 0 Å². The maximum absolute atomic E-state index is 10.8. The topological polar surface area (TPSA) is 90.6 Å². The van der Waals surface area contributed by atoms with Crippen LogP contribution in [0.15, 0.2) is 22.1 Å². The van der Waals surface area contributed by atoms with Crippen molar-refractivity contribution in [2.45, 2.75) is 4.90 Å². The van der Waals surface area contributed by atoms with E-state index in [4.69, 9.17) is 10.1 Å². The number of halogens is 2. The standard InChI is InChI=1S/C6H4I2N2O3S/c7-4-1-3(14(11,12)13)2-5(8)6(4)10-9/h1-2,9H,(H,11,12,13). The van der Waals surface area contributed by atoms with E-state index in [1.807, 2.05) is 45.2 Å². The molecule has 0 saturated heterocycles. The zero-order chi connectivity index (χ0) is 10.9. The minimum absolute atomic E-state index is 0.182. The van der Waals surface area contributed by atoms with Crippen molar-refractivity contribution in [3.63, 3.8) is 0 Å². The summed E-state index contributed by atoms with van der Waals surface area (Å²) in [6.45, 7) is 0. The van der Waals surface area contributed by atoms with E-state index in [1.165, 1.54) is 12.1 Å². The van der Waals surface area contributed by atoms with E-state index >= 15 is 0 Å². The first kappa shape index (κ1) is 12.3. The lowest BCUT2D eigenvalue weighted by Gasteiger charge is -2.03. The van der Waals surface area contributed by atoms with E-state index in [0.29, 0.717) is 12.8 Å². The number of nitrogens with one attached hydrogen (secondary N) is 1. The van der Waals surface area contributed by atoms with Crippen molar-refractivity contribution in [1.82, 2.24) is 0 Å². The van der Waals surface area contributed by atoms with Crippen LogP contribution in [-0.4, -0.2) is 13.0 Å². The van der Waals surface area contributed by atoms with Crippen LogP contribution in [0.2, 0.25) is 0 Å². The van der Waals surface area contributed by atoms with Crippen molar-refractivity contribution in [2.75, 3.05) is 0 Å². The molecule has 0 unspecified atom stereocenters. The summed E-state index contributed by atoms with van der Waals surface area (Å²) in [7, 11) is -4.19. The smallest absolute Gasteiger partial charge is 0.282 e. The molecule has 1 aromatic carbocycles. The highest BCUT2D eigenvalue weighted by Crippen LogP contribution is 2.30. The summed E-state index contributed by atoms with van der Waals surface area (Å²) in [5, 5.41) is 3.25. The Morgan fingerprint density at radius 3 is 2.00 bits per heavy atom. The quantitative estimate of drug-likeness (QED) is 0.423. The van der Waals surface area contributed by atoms with E-state index in [-0.39, 0.29) is 4.90 Å². The van der Waals surface area contributed by atoms with Crippen LogP contribution in [0.4, 0.5) is 5.69 Å². The van der Waals surface area contributed by atoms with Gasteiger partial charge in [0.25, 0.3) is 10.1 Å². The van der Waals surface area contributed by atoms with Gasteiger partial charge in [-0.2, -0.15) is 13.5 Å². The fraction of sp³-hybridized carbons (Fsp3) is 0. The van der Waals surface area contributed by atoms with Crippen molar-refractivity contribution in [3.05, 3.63) is 19.3 Å². The number of hydrogen-bond donors (Lipinski definition) is 2. The highest BCUT2D eigenvalue weighted by Gasteiger charge is 2.14. The van der Waals surface area contributed by atoms with Crippen molar-refractivity contribution in [3.8, 4) is 0 Å². The van der Waals surface area contributed by atoms with Crippen molar-refractivity contribution in [2.24, 2.45) is 5.11 Å². The van der Waals surface area contributed by atoms with Gasteiger partial charge >= 0.3 is 0 Å². The lowest BCUT2D eigenvalue weighted by molar-refractivity contribution is 0.483. The minimum Gasteiger partial charge on any atom is -0.282 e. The van der Waals surface area contributed by atoms with Gasteiger partial charge < -0.3 is 0 Å². The average molecular weight is 438 g/mol. The Morgan fingerprint density at radius 2 is 1.71 bits per heavy atom. The predicted octanol–water partition coefficient (Wildman–Crippen LogP) is 2.80. The molecule has 14 heavy (non-hydrogen) atoms. The lowest BCUT2D eigenvalue weighted by atomic mass is 10.3. The van der Waals surface area contributed by atoms with Crippen LogP contribution in [0.3, 0.4) is 0 Å². The molecule has 0 atom stereocenters. The third kappa shape index (κ3) is 2.61. The summed E-state index contributed by atoms with van der Waals surface area (Å²) < 4.78 is 31.4. The van der Waals surface area contributed by atoms with Gasteiger partial charge in [0.15, 0.2) is 0 Å². The van der Waals surface area contributed by atoms with Gasteiger partial charge in [0, 0.05) is 7.14 Å². The minimum atomic E-state index is -4.19. The first-order chi connectivity index (χ1) is 6.36. The van der Waals surface area contributed by atoms with Crippen LogP contribution in [0.1, 0.15) is 0 Å². The van der Waals surface area contributed by atoms with Crippen LogP contribution in [0.5, 0.6) is 0 Å². The van der Waals surface area contributed by atoms with E-state index < -0.39 is 10.1 Å². The van der Waals surface area contributed by atoms with Crippen molar-refractivity contribution >= 4 is 61.0 Å². The fourth-order valence-corrected chi connectivity index (χ4v) is 3.76. The summed E-state index contributed by atoms with van der Waals surface area (Å²) in [5.74, 6) is 0. The predicted molar refractivity (Wildman–Crippen MR) is 66.5 cm³/mol. The van der Waals surface area contributed by atoms with Gasteiger partial charge in [-0.25, -0.2) is 5.53 Å². The molecule has 1 rings (SSSR count). The molecule has 0 spiro atoms. The number of nitrogens with zero attached hydrogens (tertiary/aromatic N) is 1. The van der Waals surface area contributed by atoms with Crippen LogP contribution in [0, 0.1) is 12.7 Å². The SMILES string of the molecule is N=Nc1c(I)cc(S(=O)(=O)O)cc1I. The first-order valence-electron chi connectivity index (χ1n) is 3.20. The molecule has 0 aliphatic heterocycles. The second-order valence-electron chi connectivity index (χ2n) is 2.32. The van der Waals surface area contributed by atoms with Crippen LogP contribution >= 0.6 is 45.2 Å². The zero-order valence-corrected chi connectivity index (χ0v) is 11.7. The molecule has 0 aliphatic carbocycles. The Bertz CT molecular complexity index is 463. The molecular formula is C6H4I2N2O3S. The van der Waals surface area contributed by atoms with Crippen molar-refractivity contribution < 1.29 is 13.0 Å². The largest absolute Gasteiger partial charge is 0.294 e. The van der Waals surface area contributed by atoms with Crippen molar-refractivity contribution in [1.29, 1.82) is 5.53 Å². The highest BCUT2D eigenvalue weighted by atomic mass is 127. The molecule has 0 heterocycles. The lowest BCUT2D eigenvalue weighted by Crippen LogP contribution is -1.99. The molecule has 0 bridgehead atoms. The van der Waals surface area contributed by atoms with E-state index in [9.17, 15) is 8.42 Å². The second-order valence-corrected chi connectivity index (χ2v) is 6.07. The summed E-state index contributed by atoms with van der Waals surface area (Å²) in [5.41, 5.74) is 7.26. The van der Waals surface area contributed by atoms with Gasteiger partial charge in [-0.05, 0) is 57.3 Å². The Kier molecular flexibility index (Phi) is 3.82. The third-order valence-electron chi connectivity index (χ3n) is 1.40. The maximum atomic E-state index is 10.8. The average Bonchev–Trinajstić information content (AvgIpc) is 2.01. The number of hydrogen-bond acceptors (Lipinski definition) is 4. The monoisotopic (exact) mass is 438 g/mol. The summed E-state index contributed by atoms with van der Waals surface area (Å²) in [6.07, 6.45) is 0. The van der Waals surface area contributed by atoms with E-state index in [2.05, 4.69) is 5.11 Å². The first-order valence-corrected chi connectivity index (χ1v) is 6.80. The molecule has 5 nitrogen and oxygen atoms in total. The molecule has 8 heteroatoms. The molecule has 0 aliphatic rings. The van der Waals surface area contributed by atoms with E-state index in [0.717, 1.165) is 0 Å². The molecule has 0 fully saturated rings. The Morgan fingerprint density at radius 1 is 1.29 bits per heavy atom.